The molecule has 8 heteroatoms. The van der Waals surface area contributed by atoms with Gasteiger partial charge in [-0.25, -0.2) is 4.68 Å². The number of aromatic nitrogens is 4. The predicted octanol–water partition coefficient (Wildman–Crippen LogP) is 1.31. The quantitative estimate of drug-likeness (QED) is 0.597. The fourth-order valence-corrected chi connectivity index (χ4v) is 2.44. The molecular weight excluding hydrogens is 322 g/mol. The van der Waals surface area contributed by atoms with E-state index in [1.54, 1.807) is 18.7 Å². The molecule has 3 N–H and O–H groups in total. The van der Waals surface area contributed by atoms with Gasteiger partial charge in [0.05, 0.1) is 17.5 Å². The molecule has 2 aromatic heterocycles. The van der Waals surface area contributed by atoms with Crippen molar-refractivity contribution in [1.82, 2.24) is 19.7 Å². The van der Waals surface area contributed by atoms with Crippen molar-refractivity contribution in [3.05, 3.63) is 46.9 Å². The number of fused-ring (bicyclic) bond motifs is 1. The van der Waals surface area contributed by atoms with Gasteiger partial charge in [-0.2, -0.15) is 10.1 Å². The van der Waals surface area contributed by atoms with E-state index in [1.807, 2.05) is 30.3 Å². The zero-order valence-corrected chi connectivity index (χ0v) is 14.2. The number of nitrogens with zero attached hydrogens (tertiary/aromatic N) is 3. The van der Waals surface area contributed by atoms with Gasteiger partial charge < -0.3 is 15.2 Å². The second-order valence-corrected chi connectivity index (χ2v) is 6.14. The fraction of sp³-hybridized carbons (Fsp3) is 0.353. The van der Waals surface area contributed by atoms with Crippen molar-refractivity contribution >= 4 is 17.0 Å². The number of nitrogens with one attached hydrogen (secondary N) is 2. The average Bonchev–Trinajstić information content (AvgIpc) is 3.04. The maximum absolute atomic E-state index is 12.3. The molecule has 0 saturated heterocycles. The van der Waals surface area contributed by atoms with Gasteiger partial charge in [0.15, 0.2) is 5.65 Å². The third-order valence-electron chi connectivity index (χ3n) is 3.92. The number of ether oxygens (including phenoxy) is 1. The van der Waals surface area contributed by atoms with Gasteiger partial charge in [-0.15, -0.1) is 0 Å². The standard InChI is InChI=1S/C17H21N5O3/c1-17(24,8-9-25-2)11-18-16-20-14-13(15(23)21-16)10-19-22(14)12-6-4-3-5-7-12/h3-7,10,24H,8-9,11H2,1-2H3,(H2,18,20,21,23). The largest absolute Gasteiger partial charge is 0.388 e. The molecule has 1 unspecified atom stereocenters. The van der Waals surface area contributed by atoms with Crippen LogP contribution in [-0.4, -0.2) is 50.7 Å². The number of anilines is 1. The normalized spacial score (nSPS) is 13.7. The van der Waals surface area contributed by atoms with Crippen LogP contribution in [0.3, 0.4) is 0 Å². The molecule has 0 aliphatic carbocycles. The minimum Gasteiger partial charge on any atom is -0.388 e. The molecule has 0 saturated carbocycles. The van der Waals surface area contributed by atoms with Crippen LogP contribution in [0.1, 0.15) is 13.3 Å². The van der Waals surface area contributed by atoms with E-state index in [9.17, 15) is 9.90 Å². The van der Waals surface area contributed by atoms with Gasteiger partial charge in [0, 0.05) is 26.7 Å². The van der Waals surface area contributed by atoms with Crippen molar-refractivity contribution < 1.29 is 9.84 Å². The molecule has 3 rings (SSSR count). The average molecular weight is 343 g/mol. The number of benzene rings is 1. The van der Waals surface area contributed by atoms with Crippen molar-refractivity contribution in [2.24, 2.45) is 0 Å². The summed E-state index contributed by atoms with van der Waals surface area (Å²) in [6.45, 7) is 2.37. The Morgan fingerprint density at radius 2 is 2.12 bits per heavy atom. The van der Waals surface area contributed by atoms with Crippen LogP contribution in [-0.2, 0) is 4.74 Å². The Hall–Kier alpha value is -2.71. The number of hydrogen-bond donors (Lipinski definition) is 3. The summed E-state index contributed by atoms with van der Waals surface area (Å²) in [6.07, 6.45) is 1.96. The predicted molar refractivity (Wildman–Crippen MR) is 95.1 cm³/mol. The van der Waals surface area contributed by atoms with Gasteiger partial charge in [-0.05, 0) is 19.1 Å². The van der Waals surface area contributed by atoms with E-state index >= 15 is 0 Å². The number of aromatic amines is 1. The first kappa shape index (κ1) is 17.1. The SMILES string of the molecule is COCCC(C)(O)CNc1nc2c(cnn2-c2ccccc2)c(=O)[nH]1. The Morgan fingerprint density at radius 1 is 1.36 bits per heavy atom. The summed E-state index contributed by atoms with van der Waals surface area (Å²) < 4.78 is 6.60. The molecule has 0 radical (unpaired) electrons. The van der Waals surface area contributed by atoms with E-state index in [-0.39, 0.29) is 18.1 Å². The second-order valence-electron chi connectivity index (χ2n) is 6.14. The topological polar surface area (TPSA) is 105 Å². The summed E-state index contributed by atoms with van der Waals surface area (Å²) in [5.74, 6) is 0.285. The van der Waals surface area contributed by atoms with Crippen LogP contribution in [0.4, 0.5) is 5.95 Å². The van der Waals surface area contributed by atoms with Crippen LogP contribution in [0.25, 0.3) is 16.7 Å². The minimum atomic E-state index is -0.983. The fourth-order valence-electron chi connectivity index (χ4n) is 2.44. The monoisotopic (exact) mass is 343 g/mol. The van der Waals surface area contributed by atoms with Gasteiger partial charge in [0.2, 0.25) is 5.95 Å². The van der Waals surface area contributed by atoms with Crippen LogP contribution in [0.15, 0.2) is 41.3 Å². The molecule has 0 aliphatic heterocycles. The van der Waals surface area contributed by atoms with Gasteiger partial charge in [0.25, 0.3) is 5.56 Å². The maximum atomic E-state index is 12.3. The smallest absolute Gasteiger partial charge is 0.263 e. The van der Waals surface area contributed by atoms with Gasteiger partial charge in [-0.1, -0.05) is 18.2 Å². The Labute approximate surface area is 144 Å². The van der Waals surface area contributed by atoms with E-state index in [0.717, 1.165) is 5.69 Å². The lowest BCUT2D eigenvalue weighted by Crippen LogP contribution is -2.35. The summed E-state index contributed by atoms with van der Waals surface area (Å²) in [4.78, 5) is 19.4. The molecule has 132 valence electrons. The summed E-state index contributed by atoms with van der Waals surface area (Å²) in [5.41, 5.74) is -0.00252. The third-order valence-corrected chi connectivity index (χ3v) is 3.92. The molecule has 3 aromatic rings. The number of rotatable bonds is 7. The molecule has 0 fully saturated rings. The molecule has 25 heavy (non-hydrogen) atoms. The highest BCUT2D eigenvalue weighted by molar-refractivity contribution is 5.76. The first-order valence-electron chi connectivity index (χ1n) is 7.99. The van der Waals surface area contributed by atoms with Crippen LogP contribution < -0.4 is 10.9 Å². The highest BCUT2D eigenvalue weighted by Gasteiger charge is 2.20. The lowest BCUT2D eigenvalue weighted by Gasteiger charge is -2.23. The van der Waals surface area contributed by atoms with Gasteiger partial charge in [-0.3, -0.25) is 9.78 Å². The van der Waals surface area contributed by atoms with E-state index in [1.165, 1.54) is 6.20 Å². The van der Waals surface area contributed by atoms with Gasteiger partial charge >= 0.3 is 0 Å². The molecule has 0 aliphatic rings. The number of methoxy groups -OCH3 is 1. The van der Waals surface area contributed by atoms with Crippen molar-refractivity contribution in [3.8, 4) is 5.69 Å². The van der Waals surface area contributed by atoms with E-state index < -0.39 is 5.60 Å². The zero-order chi connectivity index (χ0) is 17.9. The first-order chi connectivity index (χ1) is 12.0. The van der Waals surface area contributed by atoms with Crippen molar-refractivity contribution in [1.29, 1.82) is 0 Å². The molecular formula is C17H21N5O3. The van der Waals surface area contributed by atoms with Crippen LogP contribution in [0, 0.1) is 0 Å². The first-order valence-corrected chi connectivity index (χ1v) is 7.99. The third kappa shape index (κ3) is 3.86. The molecule has 1 atom stereocenters. The molecule has 8 nitrogen and oxygen atoms in total. The molecule has 0 spiro atoms. The molecule has 0 bridgehead atoms. The Bertz CT molecular complexity index is 902. The highest BCUT2D eigenvalue weighted by Crippen LogP contribution is 2.15. The highest BCUT2D eigenvalue weighted by atomic mass is 16.5. The number of aliphatic hydroxyl groups is 1. The second kappa shape index (κ2) is 7.04. The molecule has 2 heterocycles. The van der Waals surface area contributed by atoms with Crippen molar-refractivity contribution in [2.75, 3.05) is 25.6 Å². The minimum absolute atomic E-state index is 0.226. The lowest BCUT2D eigenvalue weighted by molar-refractivity contribution is 0.0356. The van der Waals surface area contributed by atoms with E-state index in [0.29, 0.717) is 24.1 Å². The molecule has 0 amide bonds. The summed E-state index contributed by atoms with van der Waals surface area (Å²) in [6, 6.07) is 9.46. The maximum Gasteiger partial charge on any atom is 0.263 e. The van der Waals surface area contributed by atoms with Crippen LogP contribution in [0.2, 0.25) is 0 Å². The van der Waals surface area contributed by atoms with E-state index in [4.69, 9.17) is 4.74 Å². The Balaban J connectivity index is 1.89. The number of H-pyrrole nitrogens is 1. The zero-order valence-electron chi connectivity index (χ0n) is 14.2. The van der Waals surface area contributed by atoms with Crippen molar-refractivity contribution in [2.45, 2.75) is 18.9 Å². The summed E-state index contributed by atoms with van der Waals surface area (Å²) in [5, 5.41) is 17.9. The van der Waals surface area contributed by atoms with E-state index in [2.05, 4.69) is 20.4 Å². The Morgan fingerprint density at radius 3 is 2.84 bits per heavy atom. The Kier molecular flexibility index (Phi) is 4.82. The molecule has 1 aromatic carbocycles. The number of para-hydroxylation sites is 1. The van der Waals surface area contributed by atoms with Crippen molar-refractivity contribution in [3.63, 3.8) is 0 Å². The van der Waals surface area contributed by atoms with Crippen LogP contribution >= 0.6 is 0 Å². The summed E-state index contributed by atoms with van der Waals surface area (Å²) >= 11 is 0. The number of hydrogen-bond acceptors (Lipinski definition) is 6. The summed E-state index contributed by atoms with van der Waals surface area (Å²) in [7, 11) is 1.58. The van der Waals surface area contributed by atoms with Crippen LogP contribution in [0.5, 0.6) is 0 Å². The van der Waals surface area contributed by atoms with Gasteiger partial charge in [0.1, 0.15) is 5.39 Å². The lowest BCUT2D eigenvalue weighted by atomic mass is 10.0.